The summed E-state index contributed by atoms with van der Waals surface area (Å²) in [5.41, 5.74) is 3.58. The van der Waals surface area contributed by atoms with Crippen molar-refractivity contribution < 1.29 is 18.9 Å². The molecule has 0 unspecified atom stereocenters. The van der Waals surface area contributed by atoms with Crippen LogP contribution in [0.25, 0.3) is 0 Å². The second-order valence-corrected chi connectivity index (χ2v) is 4.86. The lowest BCUT2D eigenvalue weighted by Gasteiger charge is -2.09. The Balaban J connectivity index is 1.42. The summed E-state index contributed by atoms with van der Waals surface area (Å²) < 4.78 is 15.2. The fourth-order valence-corrected chi connectivity index (χ4v) is 2.09. The first-order valence-corrected chi connectivity index (χ1v) is 6.89. The van der Waals surface area contributed by atoms with Crippen molar-refractivity contribution in [1.29, 1.82) is 0 Å². The molecule has 2 aromatic rings. The van der Waals surface area contributed by atoms with Crippen LogP contribution in [-0.4, -0.2) is 29.5 Å². The van der Waals surface area contributed by atoms with Crippen LogP contribution in [0.5, 0.6) is 5.88 Å². The number of rotatable bonds is 5. The number of carbonyl (C=O) groups is 1. The summed E-state index contributed by atoms with van der Waals surface area (Å²) in [5.74, 6) is 0.334. The summed E-state index contributed by atoms with van der Waals surface area (Å²) in [4.78, 5) is 11.8. The summed E-state index contributed by atoms with van der Waals surface area (Å²) in [5, 5.41) is 12.6. The van der Waals surface area contributed by atoms with E-state index in [2.05, 4.69) is 25.6 Å². The molecule has 2 amide bonds. The fourth-order valence-electron chi connectivity index (χ4n) is 2.09. The molecule has 0 atom stereocenters. The smallest absolute Gasteiger partial charge is 0.319 e. The van der Waals surface area contributed by atoms with Gasteiger partial charge in [0.25, 0.3) is 5.88 Å². The van der Waals surface area contributed by atoms with Crippen molar-refractivity contribution in [3.8, 4) is 5.88 Å². The van der Waals surface area contributed by atoms with Crippen LogP contribution in [0.3, 0.4) is 0 Å². The average molecular weight is 304 g/mol. The zero-order chi connectivity index (χ0) is 15.4. The highest BCUT2D eigenvalue weighted by molar-refractivity contribution is 5.89. The van der Waals surface area contributed by atoms with E-state index in [1.165, 1.54) is 0 Å². The van der Waals surface area contributed by atoms with E-state index in [1.54, 1.807) is 6.92 Å². The number of urea groups is 1. The number of hydrogen-bond donors (Lipinski definition) is 2. The van der Waals surface area contributed by atoms with Crippen LogP contribution in [0.15, 0.2) is 22.8 Å². The lowest BCUT2D eigenvalue weighted by Crippen LogP contribution is -2.32. The first kappa shape index (κ1) is 14.3. The number of hydrogen-bond acceptors (Lipinski definition) is 6. The summed E-state index contributed by atoms with van der Waals surface area (Å²) in [6.07, 6.45) is 0. The van der Waals surface area contributed by atoms with Crippen LogP contribution in [0.1, 0.15) is 16.8 Å². The first-order valence-electron chi connectivity index (χ1n) is 6.89. The number of nitrogens with zero attached hydrogens (tertiary/aromatic N) is 2. The topological polar surface area (TPSA) is 98.5 Å². The Morgan fingerprint density at radius 2 is 2.18 bits per heavy atom. The maximum absolute atomic E-state index is 11.8. The van der Waals surface area contributed by atoms with Crippen molar-refractivity contribution in [2.24, 2.45) is 0 Å². The van der Waals surface area contributed by atoms with Gasteiger partial charge in [-0.1, -0.05) is 11.2 Å². The molecule has 0 aliphatic carbocycles. The molecule has 0 saturated carbocycles. The number of fused-ring (bicyclic) bond motifs is 1. The van der Waals surface area contributed by atoms with Crippen LogP contribution < -0.4 is 15.4 Å². The monoisotopic (exact) mass is 304 g/mol. The van der Waals surface area contributed by atoms with E-state index in [0.717, 1.165) is 16.8 Å². The number of aromatic nitrogens is 2. The lowest BCUT2D eigenvalue weighted by molar-refractivity contribution is 0.134. The van der Waals surface area contributed by atoms with Crippen molar-refractivity contribution in [2.75, 3.05) is 18.5 Å². The first-order chi connectivity index (χ1) is 10.7. The zero-order valence-corrected chi connectivity index (χ0v) is 12.1. The van der Waals surface area contributed by atoms with E-state index < -0.39 is 0 Å². The molecule has 1 aliphatic heterocycles. The summed E-state index contributed by atoms with van der Waals surface area (Å²) in [7, 11) is 0. The molecule has 0 saturated heterocycles. The standard InChI is InChI=1S/C14H16N4O4/c1-9-13(18-22-17-9)21-5-4-15-14(19)16-12-3-2-10-7-20-8-11(10)6-12/h2-3,6H,4-5,7-8H2,1H3,(H2,15,16,19). The van der Waals surface area contributed by atoms with E-state index in [4.69, 9.17) is 9.47 Å². The molecule has 2 N–H and O–H groups in total. The number of amides is 2. The third-order valence-corrected chi connectivity index (χ3v) is 3.22. The third-order valence-electron chi connectivity index (χ3n) is 3.22. The van der Waals surface area contributed by atoms with Gasteiger partial charge in [-0.05, 0) is 35.3 Å². The number of ether oxygens (including phenoxy) is 2. The van der Waals surface area contributed by atoms with Crippen LogP contribution in [-0.2, 0) is 18.0 Å². The Kier molecular flexibility index (Phi) is 4.19. The minimum absolute atomic E-state index is 0.278. The van der Waals surface area contributed by atoms with Crippen LogP contribution in [0.2, 0.25) is 0 Å². The van der Waals surface area contributed by atoms with Crippen LogP contribution in [0, 0.1) is 6.92 Å². The van der Waals surface area contributed by atoms with E-state index in [0.29, 0.717) is 31.3 Å². The minimum atomic E-state index is -0.294. The van der Waals surface area contributed by atoms with Gasteiger partial charge >= 0.3 is 6.03 Å². The SMILES string of the molecule is Cc1nonc1OCCNC(=O)Nc1ccc2c(c1)COC2. The molecule has 1 aliphatic rings. The molecule has 8 nitrogen and oxygen atoms in total. The highest BCUT2D eigenvalue weighted by Gasteiger charge is 2.12. The highest BCUT2D eigenvalue weighted by Crippen LogP contribution is 2.23. The van der Waals surface area contributed by atoms with Gasteiger partial charge in [-0.25, -0.2) is 9.42 Å². The van der Waals surface area contributed by atoms with Crippen LogP contribution in [0.4, 0.5) is 10.5 Å². The molecule has 8 heteroatoms. The molecule has 22 heavy (non-hydrogen) atoms. The molecule has 3 rings (SSSR count). The maximum Gasteiger partial charge on any atom is 0.319 e. The zero-order valence-electron chi connectivity index (χ0n) is 12.1. The number of carbonyl (C=O) groups excluding carboxylic acids is 1. The minimum Gasteiger partial charge on any atom is -0.472 e. The molecule has 1 aromatic heterocycles. The normalized spacial score (nSPS) is 12.8. The van der Waals surface area contributed by atoms with Gasteiger partial charge in [-0.2, -0.15) is 0 Å². The van der Waals surface area contributed by atoms with Gasteiger partial charge in [0.05, 0.1) is 19.8 Å². The van der Waals surface area contributed by atoms with Gasteiger partial charge in [-0.3, -0.25) is 0 Å². The average Bonchev–Trinajstić information content (AvgIpc) is 3.12. The van der Waals surface area contributed by atoms with E-state index in [1.807, 2.05) is 18.2 Å². The molecule has 0 fully saturated rings. The van der Waals surface area contributed by atoms with Gasteiger partial charge in [0.2, 0.25) is 0 Å². The predicted molar refractivity (Wildman–Crippen MR) is 76.5 cm³/mol. The Bertz CT molecular complexity index is 671. The maximum atomic E-state index is 11.8. The molecule has 0 bridgehead atoms. The van der Waals surface area contributed by atoms with Crippen molar-refractivity contribution in [2.45, 2.75) is 20.1 Å². The molecule has 0 radical (unpaired) electrons. The second-order valence-electron chi connectivity index (χ2n) is 4.86. The van der Waals surface area contributed by atoms with E-state index in [9.17, 15) is 4.79 Å². The quantitative estimate of drug-likeness (QED) is 0.814. The van der Waals surface area contributed by atoms with Gasteiger partial charge in [-0.15, -0.1) is 0 Å². The Morgan fingerprint density at radius 3 is 3.00 bits per heavy atom. The second kappa shape index (κ2) is 6.44. The van der Waals surface area contributed by atoms with Crippen molar-refractivity contribution in [3.05, 3.63) is 35.0 Å². The summed E-state index contributed by atoms with van der Waals surface area (Å²) in [6.45, 7) is 3.57. The molecular formula is C14H16N4O4. The van der Waals surface area contributed by atoms with Crippen LogP contribution >= 0.6 is 0 Å². The van der Waals surface area contributed by atoms with Gasteiger partial charge in [0.1, 0.15) is 12.3 Å². The molecule has 2 heterocycles. The van der Waals surface area contributed by atoms with E-state index >= 15 is 0 Å². The van der Waals surface area contributed by atoms with E-state index in [-0.39, 0.29) is 12.6 Å². The third kappa shape index (κ3) is 3.34. The largest absolute Gasteiger partial charge is 0.472 e. The number of nitrogens with one attached hydrogen (secondary N) is 2. The molecule has 0 spiro atoms. The fraction of sp³-hybridized carbons (Fsp3) is 0.357. The summed E-state index contributed by atoms with van der Waals surface area (Å²) >= 11 is 0. The van der Waals surface area contributed by atoms with Crippen molar-refractivity contribution in [3.63, 3.8) is 0 Å². The van der Waals surface area contributed by atoms with Gasteiger partial charge < -0.3 is 20.1 Å². The Hall–Kier alpha value is -2.61. The molecular weight excluding hydrogens is 288 g/mol. The number of benzene rings is 1. The Labute approximate surface area is 126 Å². The van der Waals surface area contributed by atoms with Gasteiger partial charge in [0, 0.05) is 5.69 Å². The lowest BCUT2D eigenvalue weighted by atomic mass is 10.1. The molecule has 1 aromatic carbocycles. The van der Waals surface area contributed by atoms with Crippen molar-refractivity contribution >= 4 is 11.7 Å². The Morgan fingerprint density at radius 1 is 1.32 bits per heavy atom. The summed E-state index contributed by atoms with van der Waals surface area (Å²) in [6, 6.07) is 5.44. The predicted octanol–water partition coefficient (Wildman–Crippen LogP) is 1.61. The van der Waals surface area contributed by atoms with Gasteiger partial charge in [0.15, 0.2) is 0 Å². The number of anilines is 1. The highest BCUT2D eigenvalue weighted by atomic mass is 16.6. The number of aryl methyl sites for hydroxylation is 1. The molecule has 116 valence electrons. The van der Waals surface area contributed by atoms with Crippen molar-refractivity contribution in [1.82, 2.24) is 15.6 Å².